The molecule has 0 aliphatic rings. The molecular formula is C5H9NO5S. The molecule has 0 bridgehead atoms. The third-order valence-electron chi connectivity index (χ3n) is 0.722. The van der Waals surface area contributed by atoms with Gasteiger partial charge in [-0.3, -0.25) is 0 Å². The van der Waals surface area contributed by atoms with Gasteiger partial charge in [-0.1, -0.05) is 6.58 Å². The maximum atomic E-state index is 10.7. The van der Waals surface area contributed by atoms with E-state index in [9.17, 15) is 13.2 Å². The van der Waals surface area contributed by atoms with Gasteiger partial charge in [0.05, 0.1) is 0 Å². The zero-order valence-corrected chi connectivity index (χ0v) is 7.26. The van der Waals surface area contributed by atoms with Crippen molar-refractivity contribution >= 4 is 16.1 Å². The standard InChI is InChI=1S/C5H9NO5S/c1-3-5(7)10-4-12(8,9)11-6-2/h3,6H,1,4H2,2H3. The summed E-state index contributed by atoms with van der Waals surface area (Å²) in [6, 6.07) is 0. The summed E-state index contributed by atoms with van der Waals surface area (Å²) in [5.74, 6) is -1.66. The van der Waals surface area contributed by atoms with Crippen molar-refractivity contribution in [3.05, 3.63) is 12.7 Å². The smallest absolute Gasteiger partial charge is 0.331 e. The molecule has 0 aromatic rings. The molecule has 0 heterocycles. The van der Waals surface area contributed by atoms with Gasteiger partial charge < -0.3 is 4.74 Å². The zero-order valence-electron chi connectivity index (χ0n) is 6.44. The SMILES string of the molecule is C=CC(=O)OCS(=O)(=O)ONC. The first kappa shape index (κ1) is 11.1. The first-order chi connectivity index (χ1) is 5.52. The fraction of sp³-hybridized carbons (Fsp3) is 0.400. The van der Waals surface area contributed by atoms with Crippen LogP contribution in [0.3, 0.4) is 0 Å². The molecule has 0 atom stereocenters. The van der Waals surface area contributed by atoms with E-state index in [4.69, 9.17) is 0 Å². The first-order valence-electron chi connectivity index (χ1n) is 2.89. The van der Waals surface area contributed by atoms with E-state index in [0.29, 0.717) is 0 Å². The second-order valence-corrected chi connectivity index (χ2v) is 3.15. The van der Waals surface area contributed by atoms with E-state index in [-0.39, 0.29) is 0 Å². The number of esters is 1. The van der Waals surface area contributed by atoms with Crippen LogP contribution in [0.4, 0.5) is 0 Å². The largest absolute Gasteiger partial charge is 0.443 e. The van der Waals surface area contributed by atoms with Gasteiger partial charge in [0.25, 0.3) is 0 Å². The second kappa shape index (κ2) is 4.86. The highest BCUT2D eigenvalue weighted by atomic mass is 32.2. The molecule has 12 heavy (non-hydrogen) atoms. The molecule has 0 amide bonds. The Morgan fingerprint density at radius 2 is 2.25 bits per heavy atom. The van der Waals surface area contributed by atoms with Crippen LogP contribution in [0.2, 0.25) is 0 Å². The van der Waals surface area contributed by atoms with Crippen LogP contribution in [-0.2, 0) is 23.9 Å². The minimum absolute atomic E-state index is 0.821. The van der Waals surface area contributed by atoms with Crippen LogP contribution in [0.1, 0.15) is 0 Å². The monoisotopic (exact) mass is 195 g/mol. The van der Waals surface area contributed by atoms with Crippen molar-refractivity contribution in [2.45, 2.75) is 0 Å². The Bertz CT molecular complexity index is 257. The number of hydrogen-bond donors (Lipinski definition) is 1. The molecule has 1 N–H and O–H groups in total. The van der Waals surface area contributed by atoms with E-state index in [0.717, 1.165) is 6.08 Å². The first-order valence-corrected chi connectivity index (χ1v) is 4.46. The van der Waals surface area contributed by atoms with E-state index in [1.807, 2.05) is 5.48 Å². The van der Waals surface area contributed by atoms with Gasteiger partial charge in [-0.2, -0.15) is 18.2 Å². The predicted octanol–water partition coefficient (Wildman–Crippen LogP) is -0.846. The Kier molecular flexibility index (Phi) is 4.49. The van der Waals surface area contributed by atoms with Gasteiger partial charge in [-0.05, 0) is 0 Å². The average molecular weight is 195 g/mol. The second-order valence-electron chi connectivity index (χ2n) is 1.63. The van der Waals surface area contributed by atoms with Crippen LogP contribution in [0.15, 0.2) is 12.7 Å². The number of hydrogen-bond acceptors (Lipinski definition) is 6. The summed E-state index contributed by atoms with van der Waals surface area (Å²) < 4.78 is 29.5. The third kappa shape index (κ3) is 4.83. The van der Waals surface area contributed by atoms with E-state index in [2.05, 4.69) is 15.6 Å². The molecular weight excluding hydrogens is 186 g/mol. The summed E-state index contributed by atoms with van der Waals surface area (Å²) in [6.07, 6.45) is 0.856. The molecule has 0 spiro atoms. The lowest BCUT2D eigenvalue weighted by Gasteiger charge is -2.02. The number of hydroxylamine groups is 1. The molecule has 0 rings (SSSR count). The van der Waals surface area contributed by atoms with Crippen molar-refractivity contribution in [3.63, 3.8) is 0 Å². The summed E-state index contributed by atoms with van der Waals surface area (Å²) in [5.41, 5.74) is 1.94. The van der Waals surface area contributed by atoms with E-state index >= 15 is 0 Å². The van der Waals surface area contributed by atoms with Gasteiger partial charge in [-0.25, -0.2) is 4.79 Å². The van der Waals surface area contributed by atoms with Crippen molar-refractivity contribution < 1.29 is 22.2 Å². The topological polar surface area (TPSA) is 81.7 Å². The Labute approximate surface area is 70.2 Å². The van der Waals surface area contributed by atoms with Gasteiger partial charge >= 0.3 is 16.1 Å². The maximum Gasteiger partial charge on any atom is 0.331 e. The van der Waals surface area contributed by atoms with Crippen LogP contribution >= 0.6 is 0 Å². The average Bonchev–Trinajstić information content (AvgIpc) is 2.00. The summed E-state index contributed by atoms with van der Waals surface area (Å²) in [4.78, 5) is 10.4. The number of ether oxygens (including phenoxy) is 1. The lowest BCUT2D eigenvalue weighted by atomic mass is 10.7. The van der Waals surface area contributed by atoms with E-state index < -0.39 is 22.0 Å². The lowest BCUT2D eigenvalue weighted by molar-refractivity contribution is -0.136. The predicted molar refractivity (Wildman–Crippen MR) is 40.2 cm³/mol. The molecule has 0 unspecified atom stereocenters. The molecule has 6 nitrogen and oxygen atoms in total. The summed E-state index contributed by atoms with van der Waals surface area (Å²) in [7, 11) is -2.57. The van der Waals surface area contributed by atoms with Crippen LogP contribution in [0.25, 0.3) is 0 Å². The molecule has 0 saturated heterocycles. The molecule has 0 fully saturated rings. The van der Waals surface area contributed by atoms with Crippen molar-refractivity contribution in [3.8, 4) is 0 Å². The third-order valence-corrected chi connectivity index (χ3v) is 1.55. The van der Waals surface area contributed by atoms with E-state index in [1.165, 1.54) is 7.05 Å². The fourth-order valence-electron chi connectivity index (χ4n) is 0.340. The lowest BCUT2D eigenvalue weighted by Crippen LogP contribution is -2.21. The highest BCUT2D eigenvalue weighted by Crippen LogP contribution is 1.91. The fourth-order valence-corrected chi connectivity index (χ4v) is 0.903. The molecule has 70 valence electrons. The van der Waals surface area contributed by atoms with Gasteiger partial charge in [0, 0.05) is 13.1 Å². The number of carbonyl (C=O) groups is 1. The van der Waals surface area contributed by atoms with Crippen LogP contribution in [0.5, 0.6) is 0 Å². The highest BCUT2D eigenvalue weighted by Gasteiger charge is 2.12. The van der Waals surface area contributed by atoms with Gasteiger partial charge in [0.2, 0.25) is 5.94 Å². The molecule has 0 saturated carbocycles. The van der Waals surface area contributed by atoms with Crippen LogP contribution in [0, 0.1) is 0 Å². The van der Waals surface area contributed by atoms with Crippen LogP contribution < -0.4 is 5.48 Å². The van der Waals surface area contributed by atoms with Crippen molar-refractivity contribution in [1.82, 2.24) is 5.48 Å². The molecule has 0 radical (unpaired) electrons. The van der Waals surface area contributed by atoms with Gasteiger partial charge in [0.1, 0.15) is 0 Å². The van der Waals surface area contributed by atoms with Crippen molar-refractivity contribution in [1.29, 1.82) is 0 Å². The Morgan fingerprint density at radius 1 is 1.67 bits per heavy atom. The minimum atomic E-state index is -3.84. The number of nitrogens with one attached hydrogen (secondary N) is 1. The van der Waals surface area contributed by atoms with Gasteiger partial charge in [-0.15, -0.1) is 0 Å². The zero-order chi connectivity index (χ0) is 9.61. The normalized spacial score (nSPS) is 10.8. The Hall–Kier alpha value is -0.920. The number of rotatable bonds is 5. The minimum Gasteiger partial charge on any atom is -0.443 e. The Morgan fingerprint density at radius 3 is 2.67 bits per heavy atom. The van der Waals surface area contributed by atoms with Gasteiger partial charge in [0.15, 0.2) is 0 Å². The quantitative estimate of drug-likeness (QED) is 0.350. The molecule has 0 aliphatic carbocycles. The van der Waals surface area contributed by atoms with Crippen molar-refractivity contribution in [2.75, 3.05) is 13.0 Å². The molecule has 7 heteroatoms. The summed E-state index contributed by atoms with van der Waals surface area (Å²) >= 11 is 0. The highest BCUT2D eigenvalue weighted by molar-refractivity contribution is 7.86. The molecule has 0 aromatic carbocycles. The maximum absolute atomic E-state index is 10.7. The molecule has 0 aliphatic heterocycles. The Balaban J connectivity index is 3.92. The van der Waals surface area contributed by atoms with Crippen molar-refractivity contribution in [2.24, 2.45) is 0 Å². The number of carbonyl (C=O) groups excluding carboxylic acids is 1. The van der Waals surface area contributed by atoms with E-state index in [1.54, 1.807) is 0 Å². The molecule has 0 aromatic heterocycles. The summed E-state index contributed by atoms with van der Waals surface area (Å²) in [6.45, 7) is 3.08. The summed E-state index contributed by atoms with van der Waals surface area (Å²) in [5, 5.41) is 0. The van der Waals surface area contributed by atoms with Crippen LogP contribution in [-0.4, -0.2) is 27.4 Å².